The summed E-state index contributed by atoms with van der Waals surface area (Å²) in [6.07, 6.45) is 0.409. The quantitative estimate of drug-likeness (QED) is 0.909. The Hall–Kier alpha value is -1.28. The van der Waals surface area contributed by atoms with Gasteiger partial charge in [0.25, 0.3) is 0 Å². The van der Waals surface area contributed by atoms with Crippen LogP contribution in [0.4, 0.5) is 0 Å². The maximum atomic E-state index is 12.2. The second-order valence-corrected chi connectivity index (χ2v) is 7.08. The van der Waals surface area contributed by atoms with Gasteiger partial charge in [-0.2, -0.15) is 0 Å². The molecule has 118 valence electrons. The smallest absolute Gasteiger partial charge is 0.225 e. The zero-order valence-corrected chi connectivity index (χ0v) is 14.1. The van der Waals surface area contributed by atoms with Crippen LogP contribution in [0.5, 0.6) is 0 Å². The molecule has 3 heterocycles. The van der Waals surface area contributed by atoms with Crippen molar-refractivity contribution in [3.63, 3.8) is 0 Å². The highest BCUT2D eigenvalue weighted by molar-refractivity contribution is 7.20. The molecule has 1 aliphatic heterocycles. The van der Waals surface area contributed by atoms with Gasteiger partial charge in [-0.1, -0.05) is 6.07 Å². The fraction of sp³-hybridized carbons (Fsp3) is 0.467. The molecule has 1 amide bonds. The lowest BCUT2D eigenvalue weighted by atomic mass is 10.2. The Bertz CT molecular complexity index is 606. The minimum atomic E-state index is -0.0131. The summed E-state index contributed by atoms with van der Waals surface area (Å²) >= 11 is 3.31. The van der Waals surface area contributed by atoms with Crippen molar-refractivity contribution in [1.82, 2.24) is 15.2 Å². The summed E-state index contributed by atoms with van der Waals surface area (Å²) in [7, 11) is 1.82. The Kier molecular flexibility index (Phi) is 5.20. The number of morpholine rings is 1. The Labute approximate surface area is 137 Å². The van der Waals surface area contributed by atoms with Crippen molar-refractivity contribution in [1.29, 1.82) is 0 Å². The Morgan fingerprint density at radius 1 is 1.55 bits per heavy atom. The van der Waals surface area contributed by atoms with E-state index >= 15 is 0 Å². The van der Waals surface area contributed by atoms with Gasteiger partial charge in [0.05, 0.1) is 36.2 Å². The number of rotatable bonds is 5. The van der Waals surface area contributed by atoms with E-state index < -0.39 is 0 Å². The lowest BCUT2D eigenvalue weighted by Crippen LogP contribution is -2.41. The first-order chi connectivity index (χ1) is 10.7. The number of ether oxygens (including phenoxy) is 1. The molecule has 2 aromatic heterocycles. The van der Waals surface area contributed by atoms with E-state index in [1.54, 1.807) is 27.6 Å². The predicted molar refractivity (Wildman–Crippen MR) is 89.1 cm³/mol. The van der Waals surface area contributed by atoms with Crippen molar-refractivity contribution in [3.05, 3.63) is 28.6 Å². The van der Waals surface area contributed by atoms with E-state index in [4.69, 9.17) is 4.74 Å². The van der Waals surface area contributed by atoms with Gasteiger partial charge < -0.3 is 15.0 Å². The number of thiazole rings is 1. The highest BCUT2D eigenvalue weighted by Gasteiger charge is 2.20. The number of carbonyl (C=O) groups is 1. The molecule has 1 N–H and O–H groups in total. The number of hydrogen-bond acceptors (Lipinski definition) is 6. The summed E-state index contributed by atoms with van der Waals surface area (Å²) in [5.41, 5.74) is 0.937. The molecule has 22 heavy (non-hydrogen) atoms. The molecule has 0 bridgehead atoms. The molecule has 1 atom stereocenters. The topological polar surface area (TPSA) is 54.5 Å². The van der Waals surface area contributed by atoms with Gasteiger partial charge in [0.2, 0.25) is 5.91 Å². The van der Waals surface area contributed by atoms with E-state index in [2.05, 4.69) is 16.4 Å². The predicted octanol–water partition coefficient (Wildman–Crippen LogP) is 2.21. The Morgan fingerprint density at radius 3 is 3.18 bits per heavy atom. The monoisotopic (exact) mass is 337 g/mol. The average molecular weight is 337 g/mol. The van der Waals surface area contributed by atoms with Crippen molar-refractivity contribution in [2.45, 2.75) is 19.1 Å². The number of aromatic nitrogens is 1. The zero-order valence-electron chi connectivity index (χ0n) is 12.4. The van der Waals surface area contributed by atoms with Gasteiger partial charge >= 0.3 is 0 Å². The molecular weight excluding hydrogens is 318 g/mol. The average Bonchev–Trinajstić information content (AvgIpc) is 3.19. The van der Waals surface area contributed by atoms with E-state index in [9.17, 15) is 4.79 Å². The van der Waals surface area contributed by atoms with Gasteiger partial charge in [0.15, 0.2) is 0 Å². The number of amides is 1. The summed E-state index contributed by atoms with van der Waals surface area (Å²) < 4.78 is 5.58. The fourth-order valence-corrected chi connectivity index (χ4v) is 3.95. The Balaban J connectivity index is 1.54. The van der Waals surface area contributed by atoms with E-state index in [-0.39, 0.29) is 12.0 Å². The first kappa shape index (κ1) is 15.6. The molecule has 7 heteroatoms. The van der Waals surface area contributed by atoms with Crippen molar-refractivity contribution in [2.24, 2.45) is 0 Å². The molecule has 0 aromatic carbocycles. The summed E-state index contributed by atoms with van der Waals surface area (Å²) in [4.78, 5) is 19.8. The fourth-order valence-electron chi connectivity index (χ4n) is 2.33. The molecule has 0 unspecified atom stereocenters. The highest BCUT2D eigenvalue weighted by atomic mass is 32.1. The van der Waals surface area contributed by atoms with Gasteiger partial charge in [-0.15, -0.1) is 22.7 Å². The molecule has 5 nitrogen and oxygen atoms in total. The second kappa shape index (κ2) is 7.32. The van der Waals surface area contributed by atoms with E-state index in [0.717, 1.165) is 23.8 Å². The summed E-state index contributed by atoms with van der Waals surface area (Å²) in [5, 5.41) is 8.33. The second-order valence-electron chi connectivity index (χ2n) is 5.27. The molecule has 1 aliphatic rings. The van der Waals surface area contributed by atoms with Crippen LogP contribution < -0.4 is 5.32 Å². The van der Waals surface area contributed by atoms with Crippen molar-refractivity contribution < 1.29 is 9.53 Å². The van der Waals surface area contributed by atoms with Crippen LogP contribution in [0.25, 0.3) is 9.88 Å². The van der Waals surface area contributed by atoms with Gasteiger partial charge in [-0.05, 0) is 11.4 Å². The number of nitrogens with zero attached hydrogens (tertiary/aromatic N) is 2. The van der Waals surface area contributed by atoms with E-state index in [1.807, 2.05) is 23.9 Å². The van der Waals surface area contributed by atoms with Crippen LogP contribution in [0.3, 0.4) is 0 Å². The first-order valence-electron chi connectivity index (χ1n) is 7.27. The van der Waals surface area contributed by atoms with E-state index in [1.165, 1.54) is 4.88 Å². The van der Waals surface area contributed by atoms with Crippen LogP contribution in [0.1, 0.15) is 12.1 Å². The van der Waals surface area contributed by atoms with Crippen molar-refractivity contribution in [3.8, 4) is 9.88 Å². The molecule has 0 spiro atoms. The van der Waals surface area contributed by atoms with Gasteiger partial charge in [-0.25, -0.2) is 4.98 Å². The lowest BCUT2D eigenvalue weighted by Gasteiger charge is -2.25. The summed E-state index contributed by atoms with van der Waals surface area (Å²) in [6.45, 7) is 2.84. The Morgan fingerprint density at radius 2 is 2.45 bits per heavy atom. The molecule has 1 fully saturated rings. The largest absolute Gasteiger partial charge is 0.375 e. The van der Waals surface area contributed by atoms with Crippen LogP contribution in [0.15, 0.2) is 22.9 Å². The minimum absolute atomic E-state index is 0.0131. The van der Waals surface area contributed by atoms with Crippen molar-refractivity contribution in [2.75, 3.05) is 26.7 Å². The zero-order chi connectivity index (χ0) is 15.4. The van der Waals surface area contributed by atoms with Crippen LogP contribution in [-0.2, 0) is 16.1 Å². The van der Waals surface area contributed by atoms with Gasteiger partial charge in [-0.3, -0.25) is 4.79 Å². The first-order valence-corrected chi connectivity index (χ1v) is 9.03. The lowest BCUT2D eigenvalue weighted by molar-refractivity contribution is -0.134. The third-order valence-corrected chi connectivity index (χ3v) is 5.45. The molecular formula is C15H19N3O2S2. The maximum absolute atomic E-state index is 12.2. The molecule has 2 aromatic rings. The summed E-state index contributed by atoms with van der Waals surface area (Å²) in [6, 6.07) is 4.09. The number of thiophene rings is 1. The number of carbonyl (C=O) groups excluding carboxylic acids is 1. The van der Waals surface area contributed by atoms with Crippen molar-refractivity contribution >= 4 is 28.6 Å². The third kappa shape index (κ3) is 3.92. The van der Waals surface area contributed by atoms with Crippen LogP contribution in [-0.4, -0.2) is 48.6 Å². The molecule has 0 radical (unpaired) electrons. The molecule has 1 saturated heterocycles. The standard InChI is InChI=1S/C15H19N3O2S2/c1-18(14(19)7-12-8-16-4-5-20-12)9-11-10-22-15(17-11)13-3-2-6-21-13/h2-3,6,10,12,16H,4-5,7-9H2,1H3/t12-/m0/s1. The van der Waals surface area contributed by atoms with Gasteiger partial charge in [0, 0.05) is 25.5 Å². The van der Waals surface area contributed by atoms with Crippen LogP contribution >= 0.6 is 22.7 Å². The van der Waals surface area contributed by atoms with Crippen LogP contribution in [0.2, 0.25) is 0 Å². The van der Waals surface area contributed by atoms with Gasteiger partial charge in [0.1, 0.15) is 5.01 Å². The SMILES string of the molecule is CN(Cc1csc(-c2cccs2)n1)C(=O)C[C@H]1CNCCO1. The molecule has 0 saturated carbocycles. The number of nitrogens with one attached hydrogen (secondary N) is 1. The normalized spacial score (nSPS) is 18.3. The molecule has 0 aliphatic carbocycles. The molecule has 3 rings (SSSR count). The number of hydrogen-bond donors (Lipinski definition) is 1. The highest BCUT2D eigenvalue weighted by Crippen LogP contribution is 2.28. The minimum Gasteiger partial charge on any atom is -0.375 e. The summed E-state index contributed by atoms with van der Waals surface area (Å²) in [5.74, 6) is 0.0966. The third-order valence-electron chi connectivity index (χ3n) is 3.52. The van der Waals surface area contributed by atoms with Crippen LogP contribution in [0, 0.1) is 0 Å². The van der Waals surface area contributed by atoms with E-state index in [0.29, 0.717) is 19.6 Å². The maximum Gasteiger partial charge on any atom is 0.225 e.